The fourth-order valence-electron chi connectivity index (χ4n) is 2.17. The van der Waals surface area contributed by atoms with Crippen LogP contribution in [0.2, 0.25) is 5.02 Å². The largest absolute Gasteiger partial charge is 0.496 e. The lowest BCUT2D eigenvalue weighted by Gasteiger charge is -2.10. The second kappa shape index (κ2) is 7.70. The fourth-order valence-corrected chi connectivity index (χ4v) is 2.34. The van der Waals surface area contributed by atoms with Gasteiger partial charge in [0.05, 0.1) is 26.9 Å². The fraction of sp³-hybridized carbons (Fsp3) is 0.167. The van der Waals surface area contributed by atoms with Crippen LogP contribution in [0.3, 0.4) is 0 Å². The number of carbonyl (C=O) groups excluding carboxylic acids is 1. The lowest BCUT2D eigenvalue weighted by Crippen LogP contribution is -1.99. The van der Waals surface area contributed by atoms with Crippen molar-refractivity contribution in [3.8, 4) is 17.2 Å². The summed E-state index contributed by atoms with van der Waals surface area (Å²) in [5.74, 6) is 1.43. The molecule has 2 rings (SSSR count). The highest BCUT2D eigenvalue weighted by atomic mass is 35.5. The minimum atomic E-state index is -0.214. The smallest absolute Gasteiger partial charge is 0.189 e. The summed E-state index contributed by atoms with van der Waals surface area (Å²) < 4.78 is 15.8. The topological polar surface area (TPSA) is 44.8 Å². The van der Waals surface area contributed by atoms with Gasteiger partial charge in [0.1, 0.15) is 5.75 Å². The highest BCUT2D eigenvalue weighted by Crippen LogP contribution is 2.32. The van der Waals surface area contributed by atoms with Crippen molar-refractivity contribution in [2.24, 2.45) is 0 Å². The van der Waals surface area contributed by atoms with Crippen LogP contribution in [0.15, 0.2) is 42.5 Å². The van der Waals surface area contributed by atoms with Crippen molar-refractivity contribution < 1.29 is 19.0 Å². The van der Waals surface area contributed by atoms with E-state index in [0.717, 1.165) is 5.56 Å². The maximum atomic E-state index is 12.4. The van der Waals surface area contributed by atoms with Gasteiger partial charge in [0.2, 0.25) is 0 Å². The minimum absolute atomic E-state index is 0.214. The van der Waals surface area contributed by atoms with E-state index in [-0.39, 0.29) is 5.78 Å². The van der Waals surface area contributed by atoms with Gasteiger partial charge < -0.3 is 14.2 Å². The molecule has 0 aliphatic carbocycles. The van der Waals surface area contributed by atoms with Crippen molar-refractivity contribution in [1.29, 1.82) is 0 Å². The van der Waals surface area contributed by atoms with Crippen LogP contribution < -0.4 is 14.2 Å². The van der Waals surface area contributed by atoms with E-state index in [4.69, 9.17) is 25.8 Å². The van der Waals surface area contributed by atoms with Gasteiger partial charge in [0, 0.05) is 10.6 Å². The zero-order chi connectivity index (χ0) is 16.8. The molecule has 0 saturated carbocycles. The average Bonchev–Trinajstić information content (AvgIpc) is 2.58. The first-order chi connectivity index (χ1) is 11.1. The standard InChI is InChI=1S/C18H17ClO4/c1-21-16-10-8-13(19)11-14(16)15(20)9-7-12-5-4-6-17(22-2)18(12)23-3/h4-11H,1-3H3. The van der Waals surface area contributed by atoms with Crippen LogP contribution in [-0.4, -0.2) is 27.1 Å². The Morgan fingerprint density at radius 2 is 1.74 bits per heavy atom. The number of ether oxygens (including phenoxy) is 3. The van der Waals surface area contributed by atoms with E-state index < -0.39 is 0 Å². The molecule has 0 amide bonds. The Balaban J connectivity index is 2.34. The molecule has 5 heteroatoms. The van der Waals surface area contributed by atoms with Gasteiger partial charge in [-0.25, -0.2) is 0 Å². The van der Waals surface area contributed by atoms with Crippen LogP contribution in [0.5, 0.6) is 17.2 Å². The normalized spacial score (nSPS) is 10.6. The van der Waals surface area contributed by atoms with Crippen LogP contribution in [0.25, 0.3) is 6.08 Å². The Hall–Kier alpha value is -2.46. The number of methoxy groups -OCH3 is 3. The zero-order valence-corrected chi connectivity index (χ0v) is 13.9. The van der Waals surface area contributed by atoms with Crippen molar-refractivity contribution in [2.45, 2.75) is 0 Å². The molecule has 0 unspecified atom stereocenters. The maximum Gasteiger partial charge on any atom is 0.189 e. The van der Waals surface area contributed by atoms with Crippen LogP contribution in [0.1, 0.15) is 15.9 Å². The van der Waals surface area contributed by atoms with Gasteiger partial charge in [-0.3, -0.25) is 4.79 Å². The molecule has 4 nitrogen and oxygen atoms in total. The first kappa shape index (κ1) is 16.9. The van der Waals surface area contributed by atoms with Crippen molar-refractivity contribution >= 4 is 23.5 Å². The lowest BCUT2D eigenvalue weighted by molar-refractivity contribution is 0.104. The number of ketones is 1. The Labute approximate surface area is 140 Å². The molecule has 0 saturated heterocycles. The summed E-state index contributed by atoms with van der Waals surface area (Å²) in [5.41, 5.74) is 1.14. The van der Waals surface area contributed by atoms with Crippen LogP contribution in [-0.2, 0) is 0 Å². The Kier molecular flexibility index (Phi) is 5.66. The predicted molar refractivity (Wildman–Crippen MR) is 90.9 cm³/mol. The van der Waals surface area contributed by atoms with E-state index >= 15 is 0 Å². The molecular weight excluding hydrogens is 316 g/mol. The number of halogens is 1. The second-order valence-corrected chi connectivity index (χ2v) is 5.06. The number of benzene rings is 2. The summed E-state index contributed by atoms with van der Waals surface area (Å²) in [6, 6.07) is 10.4. The van der Waals surface area contributed by atoms with Crippen molar-refractivity contribution in [3.63, 3.8) is 0 Å². The molecule has 0 atom stereocenters. The molecule has 120 valence electrons. The minimum Gasteiger partial charge on any atom is -0.496 e. The molecule has 0 fully saturated rings. The van der Waals surface area contributed by atoms with Crippen molar-refractivity contribution in [1.82, 2.24) is 0 Å². The van der Waals surface area contributed by atoms with Crippen molar-refractivity contribution in [3.05, 3.63) is 58.6 Å². The van der Waals surface area contributed by atoms with Crippen LogP contribution in [0.4, 0.5) is 0 Å². The molecule has 2 aromatic carbocycles. The predicted octanol–water partition coefficient (Wildman–Crippen LogP) is 4.26. The summed E-state index contributed by atoms with van der Waals surface area (Å²) in [6.45, 7) is 0. The molecule has 2 aromatic rings. The van der Waals surface area contributed by atoms with Crippen LogP contribution >= 0.6 is 11.6 Å². The molecule has 0 aliphatic heterocycles. The summed E-state index contributed by atoms with van der Waals surface area (Å²) >= 11 is 5.95. The average molecular weight is 333 g/mol. The molecule has 0 bridgehead atoms. The van der Waals surface area contributed by atoms with E-state index in [0.29, 0.717) is 27.8 Å². The molecular formula is C18H17ClO4. The molecule has 0 aromatic heterocycles. The number of rotatable bonds is 6. The first-order valence-corrected chi connectivity index (χ1v) is 7.25. The quantitative estimate of drug-likeness (QED) is 0.585. The molecule has 0 radical (unpaired) electrons. The van der Waals surface area contributed by atoms with E-state index in [2.05, 4.69) is 0 Å². The summed E-state index contributed by atoms with van der Waals surface area (Å²) in [6.07, 6.45) is 3.12. The third-order valence-corrected chi connectivity index (χ3v) is 3.51. The van der Waals surface area contributed by atoms with Crippen molar-refractivity contribution in [2.75, 3.05) is 21.3 Å². The number of para-hydroxylation sites is 1. The van der Waals surface area contributed by atoms with Gasteiger partial charge in [-0.15, -0.1) is 0 Å². The number of carbonyl (C=O) groups is 1. The molecule has 0 heterocycles. The highest BCUT2D eigenvalue weighted by molar-refractivity contribution is 6.31. The Bertz CT molecular complexity index is 738. The van der Waals surface area contributed by atoms with E-state index in [9.17, 15) is 4.79 Å². The summed E-state index contributed by atoms with van der Waals surface area (Å²) in [5, 5.41) is 0.474. The lowest BCUT2D eigenvalue weighted by atomic mass is 10.1. The van der Waals surface area contributed by atoms with E-state index in [1.807, 2.05) is 12.1 Å². The molecule has 23 heavy (non-hydrogen) atoms. The van der Waals surface area contributed by atoms with E-state index in [1.54, 1.807) is 44.6 Å². The third-order valence-electron chi connectivity index (χ3n) is 3.27. The van der Waals surface area contributed by atoms with Gasteiger partial charge in [-0.1, -0.05) is 23.7 Å². The number of hydrogen-bond donors (Lipinski definition) is 0. The number of allylic oxidation sites excluding steroid dienone is 1. The monoisotopic (exact) mass is 332 g/mol. The van der Waals surface area contributed by atoms with Crippen LogP contribution in [0, 0.1) is 0 Å². The second-order valence-electron chi connectivity index (χ2n) is 4.62. The Morgan fingerprint density at radius 3 is 2.39 bits per heavy atom. The SMILES string of the molecule is COc1ccc(Cl)cc1C(=O)C=Cc1cccc(OC)c1OC. The third kappa shape index (κ3) is 3.85. The summed E-state index contributed by atoms with van der Waals surface area (Å²) in [4.78, 5) is 12.4. The van der Waals surface area contributed by atoms with E-state index in [1.165, 1.54) is 13.2 Å². The molecule has 0 aliphatic rings. The van der Waals surface area contributed by atoms with Gasteiger partial charge in [0.15, 0.2) is 17.3 Å². The highest BCUT2D eigenvalue weighted by Gasteiger charge is 2.11. The Morgan fingerprint density at radius 1 is 1.00 bits per heavy atom. The van der Waals surface area contributed by atoms with Gasteiger partial charge >= 0.3 is 0 Å². The maximum absolute atomic E-state index is 12.4. The summed E-state index contributed by atoms with van der Waals surface area (Å²) in [7, 11) is 4.62. The molecule has 0 spiro atoms. The van der Waals surface area contributed by atoms with Gasteiger partial charge in [0.25, 0.3) is 0 Å². The van der Waals surface area contributed by atoms with Gasteiger partial charge in [-0.05, 0) is 36.4 Å². The first-order valence-electron chi connectivity index (χ1n) is 6.87. The molecule has 0 N–H and O–H groups in total. The van der Waals surface area contributed by atoms with Gasteiger partial charge in [-0.2, -0.15) is 0 Å². The zero-order valence-electron chi connectivity index (χ0n) is 13.1. The number of hydrogen-bond acceptors (Lipinski definition) is 4.